The number of pyridine rings is 1. The zero-order valence-electron chi connectivity index (χ0n) is 31.2. The molecule has 3 N–H and O–H groups in total. The van der Waals surface area contributed by atoms with E-state index in [0.717, 1.165) is 78.8 Å². The van der Waals surface area contributed by atoms with E-state index in [1.165, 1.54) is 49.3 Å². The van der Waals surface area contributed by atoms with Crippen LogP contribution in [-0.4, -0.2) is 59.7 Å². The fourth-order valence-electron chi connectivity index (χ4n) is 7.23. The third-order valence-electron chi connectivity index (χ3n) is 10.2. The van der Waals surface area contributed by atoms with Gasteiger partial charge in [-0.1, -0.05) is 123 Å². The van der Waals surface area contributed by atoms with E-state index in [0.29, 0.717) is 12.1 Å². The van der Waals surface area contributed by atoms with Gasteiger partial charge in [0.15, 0.2) is 0 Å². The van der Waals surface area contributed by atoms with Gasteiger partial charge >= 0.3 is 6.09 Å². The number of benzene rings is 4. The predicted molar refractivity (Wildman–Crippen MR) is 217 cm³/mol. The number of aliphatic hydroxyl groups excluding tert-OH is 1. The van der Waals surface area contributed by atoms with Gasteiger partial charge in [0.2, 0.25) is 0 Å². The molecular weight excluding hydrogens is 677 g/mol. The van der Waals surface area contributed by atoms with Crippen LogP contribution in [0.4, 0.5) is 10.5 Å². The monoisotopic (exact) mass is 730 g/mol. The van der Waals surface area contributed by atoms with Crippen LogP contribution in [0.3, 0.4) is 0 Å². The molecule has 0 unspecified atom stereocenters. The highest BCUT2D eigenvalue weighted by molar-refractivity contribution is 5.91. The predicted octanol–water partition coefficient (Wildman–Crippen LogP) is 8.36. The molecule has 1 amide bonds. The molecule has 0 aliphatic carbocycles. The number of rotatable bonds is 19. The molecule has 0 spiro atoms. The van der Waals surface area contributed by atoms with Crippen LogP contribution in [-0.2, 0) is 11.3 Å². The molecule has 6 rings (SSSR count). The zero-order chi connectivity index (χ0) is 37.4. The van der Waals surface area contributed by atoms with Gasteiger partial charge in [-0.15, -0.1) is 4.73 Å². The van der Waals surface area contributed by atoms with E-state index in [2.05, 4.69) is 15.5 Å². The minimum atomic E-state index is -0.695. The van der Waals surface area contributed by atoms with Crippen molar-refractivity contribution in [1.29, 1.82) is 0 Å². The van der Waals surface area contributed by atoms with Crippen molar-refractivity contribution in [1.82, 2.24) is 14.9 Å². The second kappa shape index (κ2) is 20.5. The maximum absolute atomic E-state index is 12.7. The van der Waals surface area contributed by atoms with Crippen LogP contribution in [0.15, 0.2) is 120 Å². The number of unbranched alkanes of at least 4 members (excludes halogenated alkanes) is 6. The number of para-hydroxylation sites is 1. The van der Waals surface area contributed by atoms with Crippen molar-refractivity contribution < 1.29 is 19.5 Å². The molecule has 1 aliphatic rings. The summed E-state index contributed by atoms with van der Waals surface area (Å²) >= 11 is 0. The van der Waals surface area contributed by atoms with Gasteiger partial charge in [0.25, 0.3) is 5.56 Å². The van der Waals surface area contributed by atoms with Crippen LogP contribution in [0.25, 0.3) is 22.0 Å². The Balaban J connectivity index is 0.797. The number of aliphatic hydroxyl groups is 1. The van der Waals surface area contributed by atoms with Crippen LogP contribution in [0.2, 0.25) is 0 Å². The lowest BCUT2D eigenvalue weighted by molar-refractivity contribution is 0.0584. The third-order valence-corrected chi connectivity index (χ3v) is 10.2. The quantitative estimate of drug-likeness (QED) is 0.0734. The Kier molecular flexibility index (Phi) is 14.7. The zero-order valence-corrected chi connectivity index (χ0v) is 31.2. The Morgan fingerprint density at radius 3 is 2.22 bits per heavy atom. The van der Waals surface area contributed by atoms with Crippen LogP contribution >= 0.6 is 0 Å². The molecule has 1 saturated heterocycles. The highest BCUT2D eigenvalue weighted by Gasteiger charge is 2.22. The summed E-state index contributed by atoms with van der Waals surface area (Å²) in [6.07, 6.45) is 8.99. The van der Waals surface area contributed by atoms with Gasteiger partial charge in [0.1, 0.15) is 12.7 Å². The smallest absolute Gasteiger partial charge is 0.411 e. The largest absolute Gasteiger partial charge is 0.446 e. The van der Waals surface area contributed by atoms with Crippen molar-refractivity contribution in [3.05, 3.63) is 137 Å². The topological polar surface area (TPSA) is 105 Å². The number of carbonyl (C=O) groups excluding carboxylic acids is 1. The van der Waals surface area contributed by atoms with Gasteiger partial charge in [0.05, 0.1) is 17.3 Å². The lowest BCUT2D eigenvalue weighted by Crippen LogP contribution is -2.38. The molecule has 2 heterocycles. The van der Waals surface area contributed by atoms with Crippen molar-refractivity contribution in [2.75, 3.05) is 38.0 Å². The molecule has 0 saturated carbocycles. The molecule has 1 atom stereocenters. The third kappa shape index (κ3) is 11.3. The number of nitrogens with zero attached hydrogens (tertiary/aromatic N) is 2. The lowest BCUT2D eigenvalue weighted by Gasteiger charge is -2.31. The second-order valence-electron chi connectivity index (χ2n) is 14.2. The molecule has 1 aliphatic heterocycles. The average molecular weight is 731 g/mol. The van der Waals surface area contributed by atoms with Crippen molar-refractivity contribution in [2.45, 2.75) is 76.6 Å². The summed E-state index contributed by atoms with van der Waals surface area (Å²) in [7, 11) is 0. The SMILES string of the molecule is O=C(Nc1ccccc1-c1ccccc1)OC1CCN(CCCCCCCCCNC[C@H](O)c2cccc3c2ccc(=O)n3OCc2ccccc2)CC1. The van der Waals surface area contributed by atoms with E-state index in [-0.39, 0.29) is 24.4 Å². The van der Waals surface area contributed by atoms with E-state index < -0.39 is 6.10 Å². The Morgan fingerprint density at radius 2 is 1.44 bits per heavy atom. The minimum absolute atomic E-state index is 0.0490. The maximum Gasteiger partial charge on any atom is 0.411 e. The molecule has 5 aromatic rings. The molecule has 0 radical (unpaired) electrons. The Labute approximate surface area is 318 Å². The number of aromatic nitrogens is 1. The molecule has 9 heteroatoms. The first-order valence-corrected chi connectivity index (χ1v) is 19.6. The van der Waals surface area contributed by atoms with E-state index in [9.17, 15) is 14.7 Å². The van der Waals surface area contributed by atoms with Gasteiger partial charge in [-0.3, -0.25) is 10.1 Å². The average Bonchev–Trinajstić information content (AvgIpc) is 3.20. The van der Waals surface area contributed by atoms with Gasteiger partial charge in [-0.25, -0.2) is 4.79 Å². The van der Waals surface area contributed by atoms with Gasteiger partial charge < -0.3 is 24.9 Å². The number of hydrogen-bond acceptors (Lipinski definition) is 7. The number of carbonyl (C=O) groups is 1. The van der Waals surface area contributed by atoms with Crippen molar-refractivity contribution in [3.63, 3.8) is 0 Å². The fourth-order valence-corrected chi connectivity index (χ4v) is 7.23. The number of piperidine rings is 1. The maximum atomic E-state index is 12.7. The summed E-state index contributed by atoms with van der Waals surface area (Å²) < 4.78 is 7.13. The summed E-state index contributed by atoms with van der Waals surface area (Å²) in [4.78, 5) is 33.8. The molecular formula is C45H54N4O5. The van der Waals surface area contributed by atoms with Gasteiger partial charge in [0, 0.05) is 36.7 Å². The first-order chi connectivity index (χ1) is 26.5. The fraction of sp³-hybridized carbons (Fsp3) is 0.378. The van der Waals surface area contributed by atoms with Gasteiger partial charge in [-0.05, 0) is 73.7 Å². The number of hydrogen-bond donors (Lipinski definition) is 3. The van der Waals surface area contributed by atoms with Crippen LogP contribution in [0.1, 0.15) is 75.0 Å². The molecule has 54 heavy (non-hydrogen) atoms. The lowest BCUT2D eigenvalue weighted by atomic mass is 10.0. The highest BCUT2D eigenvalue weighted by atomic mass is 16.7. The normalized spacial score (nSPS) is 14.2. The summed E-state index contributed by atoms with van der Waals surface area (Å²) in [6, 6.07) is 36.5. The molecule has 1 fully saturated rings. The van der Waals surface area contributed by atoms with Crippen LogP contribution in [0, 0.1) is 0 Å². The van der Waals surface area contributed by atoms with Crippen LogP contribution in [0.5, 0.6) is 0 Å². The number of fused-ring (bicyclic) bond motifs is 1. The Hall–Kier alpha value is -4.96. The second-order valence-corrected chi connectivity index (χ2v) is 14.2. The van der Waals surface area contributed by atoms with Crippen LogP contribution < -0.4 is 21.0 Å². The number of anilines is 1. The number of ether oxygens (including phenoxy) is 1. The first kappa shape index (κ1) is 38.8. The summed E-state index contributed by atoms with van der Waals surface area (Å²) in [5, 5.41) is 18.2. The summed E-state index contributed by atoms with van der Waals surface area (Å²) in [6.45, 7) is 4.61. The highest BCUT2D eigenvalue weighted by Crippen LogP contribution is 2.28. The molecule has 9 nitrogen and oxygen atoms in total. The molecule has 284 valence electrons. The van der Waals surface area contributed by atoms with Crippen molar-refractivity contribution in [3.8, 4) is 11.1 Å². The van der Waals surface area contributed by atoms with E-state index >= 15 is 0 Å². The molecule has 0 bridgehead atoms. The van der Waals surface area contributed by atoms with E-state index in [1.807, 2.05) is 103 Å². The molecule has 4 aromatic carbocycles. The number of nitrogens with one attached hydrogen (secondary N) is 2. The van der Waals surface area contributed by atoms with Crippen molar-refractivity contribution in [2.24, 2.45) is 0 Å². The Bertz CT molecular complexity index is 1940. The standard InChI is InChI=1S/C45H54N4O5/c50-43(40-22-16-24-42-39(40)25-26-44(51)49(42)53-34-35-17-8-6-9-18-35)33-46-29-14-4-2-1-3-5-15-30-48-31-27-37(28-32-48)54-45(52)47-41-23-13-12-21-38(41)36-19-10-7-11-20-36/h6-13,16-26,37,43,46,50H,1-5,14-15,27-34H2,(H,47,52)/t43-/m0/s1. The van der Waals surface area contributed by atoms with E-state index in [4.69, 9.17) is 9.57 Å². The number of likely N-dealkylation sites (tertiary alicyclic amines) is 1. The van der Waals surface area contributed by atoms with E-state index in [1.54, 1.807) is 6.07 Å². The van der Waals surface area contributed by atoms with Gasteiger partial charge in [-0.2, -0.15) is 0 Å². The Morgan fingerprint density at radius 1 is 0.759 bits per heavy atom. The minimum Gasteiger partial charge on any atom is -0.446 e. The summed E-state index contributed by atoms with van der Waals surface area (Å²) in [5.74, 6) is 0. The van der Waals surface area contributed by atoms with Crippen molar-refractivity contribution >= 4 is 22.7 Å². The number of amides is 1. The molecule has 1 aromatic heterocycles. The summed E-state index contributed by atoms with van der Waals surface area (Å²) in [5.41, 5.74) is 4.96. The first-order valence-electron chi connectivity index (χ1n) is 19.6.